The Bertz CT molecular complexity index is 290. The molecule has 1 aliphatic heterocycles. The van der Waals surface area contributed by atoms with Gasteiger partial charge in [-0.25, -0.2) is 9.18 Å². The molecule has 2 unspecified atom stereocenters. The number of piperidine rings is 1. The summed E-state index contributed by atoms with van der Waals surface area (Å²) in [5.41, 5.74) is -1.44. The van der Waals surface area contributed by atoms with Crippen LogP contribution in [0.5, 0.6) is 0 Å². The molecule has 1 aliphatic rings. The van der Waals surface area contributed by atoms with E-state index in [0.29, 0.717) is 6.54 Å². The number of nitrogens with zero attached hydrogens (tertiary/aromatic N) is 1. The second-order valence-electron chi connectivity index (χ2n) is 5.97. The highest BCUT2D eigenvalue weighted by molar-refractivity contribution is 5.68. The molecule has 0 aromatic rings. The van der Waals surface area contributed by atoms with Gasteiger partial charge in [-0.3, -0.25) is 0 Å². The number of halogens is 1. The zero-order valence-electron chi connectivity index (χ0n) is 11.0. The van der Waals surface area contributed by atoms with Crippen molar-refractivity contribution in [1.82, 2.24) is 4.90 Å². The van der Waals surface area contributed by atoms with Gasteiger partial charge in [0.25, 0.3) is 0 Å². The fraction of sp³-hybridized carbons (Fsp3) is 0.917. The first-order valence-electron chi connectivity index (χ1n) is 5.91. The maximum atomic E-state index is 13.7. The lowest BCUT2D eigenvalue weighted by Crippen LogP contribution is -2.53. The van der Waals surface area contributed by atoms with Crippen LogP contribution in [-0.2, 0) is 4.74 Å². The van der Waals surface area contributed by atoms with E-state index < -0.39 is 23.3 Å². The first kappa shape index (κ1) is 14.2. The van der Waals surface area contributed by atoms with Gasteiger partial charge in [-0.05, 0) is 27.2 Å². The largest absolute Gasteiger partial charge is 0.444 e. The quantitative estimate of drug-likeness (QED) is 0.770. The highest BCUT2D eigenvalue weighted by atomic mass is 19.1. The number of ether oxygens (including phenoxy) is 1. The normalized spacial score (nSPS) is 30.2. The van der Waals surface area contributed by atoms with Crippen LogP contribution in [-0.4, -0.2) is 47.6 Å². The summed E-state index contributed by atoms with van der Waals surface area (Å²) >= 11 is 0. The fourth-order valence-electron chi connectivity index (χ4n) is 1.86. The third-order valence-electron chi connectivity index (χ3n) is 2.97. The standard InChI is InChI=1S/C12H22FNO3/c1-11(2,3)17-10(16)14-6-5-9(13)12(4,7-14)8-15/h9,15H,5-8H2,1-4H3. The van der Waals surface area contributed by atoms with Gasteiger partial charge in [0.15, 0.2) is 0 Å². The molecule has 0 bridgehead atoms. The van der Waals surface area contributed by atoms with E-state index in [4.69, 9.17) is 4.74 Å². The molecule has 2 atom stereocenters. The van der Waals surface area contributed by atoms with Gasteiger partial charge in [0.1, 0.15) is 11.8 Å². The average Bonchev–Trinajstić information content (AvgIpc) is 2.19. The van der Waals surface area contributed by atoms with E-state index in [-0.39, 0.29) is 19.6 Å². The van der Waals surface area contributed by atoms with Gasteiger partial charge in [0.2, 0.25) is 0 Å². The molecular formula is C12H22FNO3. The maximum absolute atomic E-state index is 13.7. The fourth-order valence-corrected chi connectivity index (χ4v) is 1.86. The second kappa shape index (κ2) is 4.80. The molecule has 0 spiro atoms. The lowest BCUT2D eigenvalue weighted by molar-refractivity contribution is -0.0365. The third-order valence-corrected chi connectivity index (χ3v) is 2.97. The van der Waals surface area contributed by atoms with Crippen LogP contribution in [0.15, 0.2) is 0 Å². The predicted molar refractivity (Wildman–Crippen MR) is 62.5 cm³/mol. The number of alkyl halides is 1. The van der Waals surface area contributed by atoms with Crippen molar-refractivity contribution in [2.75, 3.05) is 19.7 Å². The summed E-state index contributed by atoms with van der Waals surface area (Å²) in [6.45, 7) is 7.28. The minimum Gasteiger partial charge on any atom is -0.444 e. The number of carbonyl (C=O) groups is 1. The Labute approximate surface area is 102 Å². The Morgan fingerprint density at radius 3 is 2.65 bits per heavy atom. The number of aliphatic hydroxyl groups excluding tert-OH is 1. The Balaban J connectivity index is 2.66. The second-order valence-corrected chi connectivity index (χ2v) is 5.97. The zero-order chi connectivity index (χ0) is 13.3. The summed E-state index contributed by atoms with van der Waals surface area (Å²) in [4.78, 5) is 13.3. The number of likely N-dealkylation sites (tertiary alicyclic amines) is 1. The van der Waals surface area contributed by atoms with Crippen molar-refractivity contribution >= 4 is 6.09 Å². The summed E-state index contributed by atoms with van der Waals surface area (Å²) in [5, 5.41) is 9.23. The van der Waals surface area contributed by atoms with Crippen LogP contribution < -0.4 is 0 Å². The van der Waals surface area contributed by atoms with E-state index >= 15 is 0 Å². The van der Waals surface area contributed by atoms with Crippen molar-refractivity contribution in [3.05, 3.63) is 0 Å². The van der Waals surface area contributed by atoms with E-state index in [2.05, 4.69) is 0 Å². The molecule has 0 aliphatic carbocycles. The molecule has 1 saturated heterocycles. The summed E-state index contributed by atoms with van der Waals surface area (Å²) in [6.07, 6.45) is -1.27. The minimum absolute atomic E-state index is 0.194. The van der Waals surface area contributed by atoms with Crippen LogP contribution in [0.4, 0.5) is 9.18 Å². The van der Waals surface area contributed by atoms with Gasteiger partial charge in [-0.15, -0.1) is 0 Å². The zero-order valence-corrected chi connectivity index (χ0v) is 11.0. The summed E-state index contributed by atoms with van der Waals surface area (Å²) in [6, 6.07) is 0. The van der Waals surface area contributed by atoms with Crippen LogP contribution in [0.2, 0.25) is 0 Å². The van der Waals surface area contributed by atoms with Crippen LogP contribution >= 0.6 is 0 Å². The Kier molecular flexibility index (Phi) is 4.02. The molecule has 1 rings (SSSR count). The van der Waals surface area contributed by atoms with E-state index in [1.807, 2.05) is 0 Å². The highest BCUT2D eigenvalue weighted by Gasteiger charge is 2.42. The summed E-state index contributed by atoms with van der Waals surface area (Å²) < 4.78 is 18.9. The molecule has 1 fully saturated rings. The molecular weight excluding hydrogens is 225 g/mol. The van der Waals surface area contributed by atoms with Crippen molar-refractivity contribution in [2.24, 2.45) is 5.41 Å². The van der Waals surface area contributed by atoms with Gasteiger partial charge in [0, 0.05) is 18.5 Å². The predicted octanol–water partition coefficient (Wildman–Crippen LogP) is 1.96. The summed E-state index contributed by atoms with van der Waals surface area (Å²) in [5.74, 6) is 0. The third kappa shape index (κ3) is 3.56. The Morgan fingerprint density at radius 2 is 2.18 bits per heavy atom. The molecule has 0 saturated carbocycles. The van der Waals surface area contributed by atoms with Gasteiger partial charge in [0.05, 0.1) is 6.61 Å². The van der Waals surface area contributed by atoms with Crippen molar-refractivity contribution in [3.8, 4) is 0 Å². The van der Waals surface area contributed by atoms with E-state index in [1.165, 1.54) is 4.90 Å². The van der Waals surface area contributed by atoms with E-state index in [9.17, 15) is 14.3 Å². The molecule has 1 N–H and O–H groups in total. The van der Waals surface area contributed by atoms with Crippen LogP contribution in [0.3, 0.4) is 0 Å². The Morgan fingerprint density at radius 1 is 1.59 bits per heavy atom. The van der Waals surface area contributed by atoms with Crippen molar-refractivity contribution < 1.29 is 19.0 Å². The van der Waals surface area contributed by atoms with Gasteiger partial charge in [-0.2, -0.15) is 0 Å². The first-order valence-corrected chi connectivity index (χ1v) is 5.91. The smallest absolute Gasteiger partial charge is 0.410 e. The highest BCUT2D eigenvalue weighted by Crippen LogP contribution is 2.32. The topological polar surface area (TPSA) is 49.8 Å². The average molecular weight is 247 g/mol. The number of carbonyl (C=O) groups excluding carboxylic acids is 1. The molecule has 17 heavy (non-hydrogen) atoms. The van der Waals surface area contributed by atoms with Crippen molar-refractivity contribution in [3.63, 3.8) is 0 Å². The van der Waals surface area contributed by atoms with E-state index in [0.717, 1.165) is 0 Å². The number of amides is 1. The van der Waals surface area contributed by atoms with E-state index in [1.54, 1.807) is 27.7 Å². The van der Waals surface area contributed by atoms with Gasteiger partial charge >= 0.3 is 6.09 Å². The Hall–Kier alpha value is -0.840. The lowest BCUT2D eigenvalue weighted by atomic mass is 9.81. The van der Waals surface area contributed by atoms with Crippen molar-refractivity contribution in [1.29, 1.82) is 0 Å². The molecule has 0 aromatic carbocycles. The SMILES string of the molecule is CC(C)(C)OC(=O)N1CCC(F)C(C)(CO)C1. The van der Waals surface area contributed by atoms with Crippen LogP contribution in [0, 0.1) is 5.41 Å². The number of hydrogen-bond donors (Lipinski definition) is 1. The van der Waals surface area contributed by atoms with Crippen LogP contribution in [0.25, 0.3) is 0 Å². The molecule has 4 nitrogen and oxygen atoms in total. The van der Waals surface area contributed by atoms with Crippen molar-refractivity contribution in [2.45, 2.75) is 45.9 Å². The van der Waals surface area contributed by atoms with Gasteiger partial charge in [-0.1, -0.05) is 6.92 Å². The number of hydrogen-bond acceptors (Lipinski definition) is 3. The van der Waals surface area contributed by atoms with Gasteiger partial charge < -0.3 is 14.7 Å². The maximum Gasteiger partial charge on any atom is 0.410 e. The summed E-state index contributed by atoms with van der Waals surface area (Å²) in [7, 11) is 0. The number of aliphatic hydroxyl groups is 1. The molecule has 1 heterocycles. The monoisotopic (exact) mass is 247 g/mol. The molecule has 0 radical (unpaired) electrons. The first-order chi connectivity index (χ1) is 7.68. The molecule has 0 aromatic heterocycles. The molecule has 5 heteroatoms. The lowest BCUT2D eigenvalue weighted by Gasteiger charge is -2.41. The molecule has 100 valence electrons. The van der Waals surface area contributed by atoms with Crippen LogP contribution in [0.1, 0.15) is 34.1 Å². The number of rotatable bonds is 1. The molecule has 1 amide bonds. The minimum atomic E-state index is -1.08.